The number of hydrogen-bond acceptors (Lipinski definition) is 3. The minimum Gasteiger partial charge on any atom is -0.327 e. The quantitative estimate of drug-likeness (QED) is 0.682. The SMILES string of the molecule is CC(N)C1(c2cnnn2C)CC1. The monoisotopic (exact) mass is 166 g/mol. The first-order valence-corrected chi connectivity index (χ1v) is 4.27. The van der Waals surface area contributed by atoms with Gasteiger partial charge in [-0.15, -0.1) is 5.10 Å². The molecule has 1 atom stereocenters. The van der Waals surface area contributed by atoms with Crippen molar-refractivity contribution < 1.29 is 0 Å². The molecule has 1 saturated carbocycles. The van der Waals surface area contributed by atoms with Crippen molar-refractivity contribution in [1.82, 2.24) is 15.0 Å². The van der Waals surface area contributed by atoms with E-state index in [2.05, 4.69) is 17.2 Å². The third-order valence-corrected chi connectivity index (χ3v) is 2.88. The molecule has 0 amide bonds. The van der Waals surface area contributed by atoms with E-state index in [1.165, 1.54) is 18.5 Å². The number of aromatic nitrogens is 3. The Morgan fingerprint density at radius 2 is 2.33 bits per heavy atom. The molecule has 1 aromatic rings. The smallest absolute Gasteiger partial charge is 0.0731 e. The van der Waals surface area contributed by atoms with Crippen LogP contribution in [0.2, 0.25) is 0 Å². The van der Waals surface area contributed by atoms with Crippen LogP contribution in [-0.4, -0.2) is 21.0 Å². The number of rotatable bonds is 2. The molecule has 0 aromatic carbocycles. The summed E-state index contributed by atoms with van der Waals surface area (Å²) in [6.07, 6.45) is 4.17. The van der Waals surface area contributed by atoms with Gasteiger partial charge >= 0.3 is 0 Å². The van der Waals surface area contributed by atoms with Crippen LogP contribution in [-0.2, 0) is 12.5 Å². The summed E-state index contributed by atoms with van der Waals surface area (Å²) in [5, 5.41) is 7.78. The zero-order valence-corrected chi connectivity index (χ0v) is 7.49. The van der Waals surface area contributed by atoms with Crippen LogP contribution < -0.4 is 5.73 Å². The molecule has 66 valence electrons. The van der Waals surface area contributed by atoms with Gasteiger partial charge in [0.25, 0.3) is 0 Å². The molecule has 2 rings (SSSR count). The van der Waals surface area contributed by atoms with Crippen LogP contribution in [0.3, 0.4) is 0 Å². The Morgan fingerprint density at radius 1 is 1.67 bits per heavy atom. The van der Waals surface area contributed by atoms with Crippen LogP contribution in [0.15, 0.2) is 6.20 Å². The van der Waals surface area contributed by atoms with Gasteiger partial charge in [0.05, 0.1) is 11.9 Å². The highest BCUT2D eigenvalue weighted by molar-refractivity contribution is 5.25. The van der Waals surface area contributed by atoms with Gasteiger partial charge in [-0.05, 0) is 19.8 Å². The third-order valence-electron chi connectivity index (χ3n) is 2.88. The van der Waals surface area contributed by atoms with Gasteiger partial charge in [-0.25, -0.2) is 0 Å². The Hall–Kier alpha value is -0.900. The highest BCUT2D eigenvalue weighted by Crippen LogP contribution is 2.49. The van der Waals surface area contributed by atoms with Crippen LogP contribution in [0.1, 0.15) is 25.5 Å². The first-order valence-electron chi connectivity index (χ1n) is 4.27. The van der Waals surface area contributed by atoms with Crippen LogP contribution in [0.5, 0.6) is 0 Å². The molecule has 12 heavy (non-hydrogen) atoms. The average molecular weight is 166 g/mol. The predicted molar refractivity (Wildman–Crippen MR) is 45.6 cm³/mol. The lowest BCUT2D eigenvalue weighted by molar-refractivity contribution is 0.508. The summed E-state index contributed by atoms with van der Waals surface area (Å²) in [7, 11) is 1.92. The van der Waals surface area contributed by atoms with Gasteiger partial charge in [0.15, 0.2) is 0 Å². The van der Waals surface area contributed by atoms with Crippen molar-refractivity contribution in [1.29, 1.82) is 0 Å². The Labute approximate surface area is 71.8 Å². The second-order valence-electron chi connectivity index (χ2n) is 3.69. The molecule has 1 heterocycles. The van der Waals surface area contributed by atoms with E-state index in [9.17, 15) is 0 Å². The van der Waals surface area contributed by atoms with E-state index in [4.69, 9.17) is 5.73 Å². The van der Waals surface area contributed by atoms with Gasteiger partial charge in [0.2, 0.25) is 0 Å². The van der Waals surface area contributed by atoms with Gasteiger partial charge in [-0.3, -0.25) is 4.68 Å². The van der Waals surface area contributed by atoms with Crippen molar-refractivity contribution >= 4 is 0 Å². The molecule has 1 aromatic heterocycles. The Kier molecular flexibility index (Phi) is 1.48. The number of nitrogens with two attached hydrogens (primary N) is 1. The van der Waals surface area contributed by atoms with Crippen molar-refractivity contribution in [2.75, 3.05) is 0 Å². The standard InChI is InChI=1S/C8H14N4/c1-6(9)8(3-4-8)7-5-10-11-12(7)2/h5-6H,3-4,9H2,1-2H3. The third kappa shape index (κ3) is 0.876. The molecule has 0 aliphatic heterocycles. The maximum atomic E-state index is 5.92. The van der Waals surface area contributed by atoms with Crippen molar-refractivity contribution in [2.45, 2.75) is 31.2 Å². The maximum absolute atomic E-state index is 5.92. The second-order valence-corrected chi connectivity index (χ2v) is 3.69. The Morgan fingerprint density at radius 3 is 2.67 bits per heavy atom. The molecule has 4 heteroatoms. The highest BCUT2D eigenvalue weighted by Gasteiger charge is 2.49. The molecule has 2 N–H and O–H groups in total. The van der Waals surface area contributed by atoms with Crippen LogP contribution >= 0.6 is 0 Å². The normalized spacial score (nSPS) is 22.2. The summed E-state index contributed by atoms with van der Waals surface area (Å²) in [6, 6.07) is 0.203. The number of hydrogen-bond donors (Lipinski definition) is 1. The topological polar surface area (TPSA) is 56.7 Å². The average Bonchev–Trinajstić information content (AvgIpc) is 2.71. The van der Waals surface area contributed by atoms with Crippen molar-refractivity contribution in [2.24, 2.45) is 12.8 Å². The fourth-order valence-corrected chi connectivity index (χ4v) is 1.82. The van der Waals surface area contributed by atoms with Crippen molar-refractivity contribution in [3.05, 3.63) is 11.9 Å². The molecule has 1 fully saturated rings. The van der Waals surface area contributed by atoms with E-state index in [0.717, 1.165) is 0 Å². The number of aryl methyl sites for hydroxylation is 1. The Balaban J connectivity index is 2.36. The van der Waals surface area contributed by atoms with E-state index in [1.807, 2.05) is 17.9 Å². The molecule has 4 nitrogen and oxygen atoms in total. The fourth-order valence-electron chi connectivity index (χ4n) is 1.82. The zero-order valence-electron chi connectivity index (χ0n) is 7.49. The lowest BCUT2D eigenvalue weighted by atomic mass is 9.95. The summed E-state index contributed by atoms with van der Waals surface area (Å²) < 4.78 is 1.83. The van der Waals surface area contributed by atoms with E-state index in [0.29, 0.717) is 0 Å². The molecule has 0 radical (unpaired) electrons. The van der Waals surface area contributed by atoms with Gasteiger partial charge in [0.1, 0.15) is 0 Å². The van der Waals surface area contributed by atoms with Crippen molar-refractivity contribution in [3.63, 3.8) is 0 Å². The van der Waals surface area contributed by atoms with Crippen molar-refractivity contribution in [3.8, 4) is 0 Å². The molecule has 1 unspecified atom stereocenters. The van der Waals surface area contributed by atoms with E-state index >= 15 is 0 Å². The summed E-state index contributed by atoms with van der Waals surface area (Å²) in [5.74, 6) is 0. The maximum Gasteiger partial charge on any atom is 0.0731 e. The summed E-state index contributed by atoms with van der Waals surface area (Å²) in [6.45, 7) is 2.06. The zero-order chi connectivity index (χ0) is 8.77. The lowest BCUT2D eigenvalue weighted by Crippen LogP contribution is -2.33. The van der Waals surface area contributed by atoms with Gasteiger partial charge in [-0.1, -0.05) is 5.21 Å². The molecule has 1 aliphatic carbocycles. The van der Waals surface area contributed by atoms with Crippen LogP contribution in [0.25, 0.3) is 0 Å². The lowest BCUT2D eigenvalue weighted by Gasteiger charge is -2.18. The predicted octanol–water partition coefficient (Wildman–Crippen LogP) is 0.194. The molecule has 0 bridgehead atoms. The largest absolute Gasteiger partial charge is 0.327 e. The second kappa shape index (κ2) is 2.29. The van der Waals surface area contributed by atoms with E-state index in [1.54, 1.807) is 0 Å². The first kappa shape index (κ1) is 7.73. The highest BCUT2D eigenvalue weighted by atomic mass is 15.4. The number of nitrogens with zero attached hydrogens (tertiary/aromatic N) is 3. The van der Waals surface area contributed by atoms with Gasteiger partial charge in [-0.2, -0.15) is 0 Å². The van der Waals surface area contributed by atoms with Crippen LogP contribution in [0, 0.1) is 0 Å². The van der Waals surface area contributed by atoms with Gasteiger partial charge < -0.3 is 5.73 Å². The van der Waals surface area contributed by atoms with E-state index < -0.39 is 0 Å². The molecular formula is C8H14N4. The van der Waals surface area contributed by atoms with E-state index in [-0.39, 0.29) is 11.5 Å². The molecular weight excluding hydrogens is 152 g/mol. The van der Waals surface area contributed by atoms with Gasteiger partial charge in [0, 0.05) is 18.5 Å². The molecule has 0 saturated heterocycles. The summed E-state index contributed by atoms with van der Waals surface area (Å²) in [4.78, 5) is 0. The summed E-state index contributed by atoms with van der Waals surface area (Å²) in [5.41, 5.74) is 7.28. The minimum absolute atomic E-state index is 0.179. The molecule has 1 aliphatic rings. The molecule has 0 spiro atoms. The fraction of sp³-hybridized carbons (Fsp3) is 0.750. The Bertz CT molecular complexity index is 285. The first-order chi connectivity index (χ1) is 5.67. The summed E-state index contributed by atoms with van der Waals surface area (Å²) >= 11 is 0. The van der Waals surface area contributed by atoms with Crippen LogP contribution in [0.4, 0.5) is 0 Å². The minimum atomic E-state index is 0.179.